The molecule has 0 bridgehead atoms. The van der Waals surface area contributed by atoms with Crippen LogP contribution < -0.4 is 10.6 Å². The van der Waals surface area contributed by atoms with Gasteiger partial charge in [0.2, 0.25) is 0 Å². The Kier molecular flexibility index (Phi) is 5.11. The van der Waals surface area contributed by atoms with Gasteiger partial charge < -0.3 is 10.6 Å². The summed E-state index contributed by atoms with van der Waals surface area (Å²) in [5.41, 5.74) is 1.16. The van der Waals surface area contributed by atoms with E-state index in [-0.39, 0.29) is 17.9 Å². The first-order chi connectivity index (χ1) is 10.1. The molecule has 2 amide bonds. The van der Waals surface area contributed by atoms with Crippen molar-refractivity contribution in [1.82, 2.24) is 5.32 Å². The third kappa shape index (κ3) is 4.16. The summed E-state index contributed by atoms with van der Waals surface area (Å²) in [6.07, 6.45) is 0.876. The van der Waals surface area contributed by atoms with Gasteiger partial charge in [-0.2, -0.15) is 0 Å². The van der Waals surface area contributed by atoms with E-state index in [1.807, 2.05) is 25.3 Å². The molecule has 0 aliphatic rings. The van der Waals surface area contributed by atoms with Gasteiger partial charge in [0.25, 0.3) is 11.8 Å². The molecule has 0 aliphatic carbocycles. The minimum atomic E-state index is -0.163. The lowest BCUT2D eigenvalue weighted by molar-refractivity contribution is 0.0938. The fraction of sp³-hybridized carbons (Fsp3) is 0.250. The van der Waals surface area contributed by atoms with E-state index < -0.39 is 0 Å². The van der Waals surface area contributed by atoms with Gasteiger partial charge in [-0.25, -0.2) is 0 Å². The van der Waals surface area contributed by atoms with Gasteiger partial charge in [-0.05, 0) is 43.0 Å². The second-order valence-electron chi connectivity index (χ2n) is 4.79. The summed E-state index contributed by atoms with van der Waals surface area (Å²) in [6.45, 7) is 3.98. The maximum atomic E-state index is 12.1. The molecule has 1 aromatic heterocycles. The largest absolute Gasteiger partial charge is 0.350 e. The molecule has 2 N–H and O–H groups in total. The van der Waals surface area contributed by atoms with Crippen molar-refractivity contribution in [2.75, 3.05) is 5.32 Å². The first-order valence-corrected chi connectivity index (χ1v) is 7.74. The van der Waals surface area contributed by atoms with E-state index in [0.717, 1.165) is 6.42 Å². The maximum absolute atomic E-state index is 12.1. The number of thiophene rings is 1. The molecule has 0 saturated carbocycles. The van der Waals surface area contributed by atoms with Crippen LogP contribution >= 0.6 is 11.3 Å². The van der Waals surface area contributed by atoms with Gasteiger partial charge in [-0.3, -0.25) is 9.59 Å². The Bertz CT molecular complexity index is 623. The third-order valence-electron chi connectivity index (χ3n) is 3.12. The van der Waals surface area contributed by atoms with Gasteiger partial charge in [-0.1, -0.05) is 19.1 Å². The molecule has 0 aliphatic heterocycles. The van der Waals surface area contributed by atoms with E-state index in [2.05, 4.69) is 10.6 Å². The topological polar surface area (TPSA) is 58.2 Å². The summed E-state index contributed by atoms with van der Waals surface area (Å²) in [5.74, 6) is -0.291. The molecule has 1 aromatic carbocycles. The lowest BCUT2D eigenvalue weighted by Gasteiger charge is -2.12. The standard InChI is InChI=1S/C16H18N2O2S/c1-3-11(2)17-15(19)12-6-4-7-13(10-12)18-16(20)14-8-5-9-21-14/h4-11H,3H2,1-2H3,(H,17,19)(H,18,20)/t11-/m1/s1. The Labute approximate surface area is 128 Å². The van der Waals surface area contributed by atoms with Crippen molar-refractivity contribution in [2.45, 2.75) is 26.3 Å². The van der Waals surface area contributed by atoms with Crippen LogP contribution in [0, 0.1) is 0 Å². The van der Waals surface area contributed by atoms with Crippen molar-refractivity contribution >= 4 is 28.8 Å². The highest BCUT2D eigenvalue weighted by molar-refractivity contribution is 7.12. The second kappa shape index (κ2) is 7.04. The highest BCUT2D eigenvalue weighted by Crippen LogP contribution is 2.15. The minimum absolute atomic E-state index is 0.127. The Morgan fingerprint density at radius 3 is 2.67 bits per heavy atom. The van der Waals surface area contributed by atoms with Gasteiger partial charge in [-0.15, -0.1) is 11.3 Å². The van der Waals surface area contributed by atoms with Crippen LogP contribution in [0.3, 0.4) is 0 Å². The summed E-state index contributed by atoms with van der Waals surface area (Å²) in [4.78, 5) is 24.7. The predicted octanol–water partition coefficient (Wildman–Crippen LogP) is 3.53. The van der Waals surface area contributed by atoms with Crippen molar-refractivity contribution in [2.24, 2.45) is 0 Å². The summed E-state index contributed by atoms with van der Waals surface area (Å²) >= 11 is 1.38. The quantitative estimate of drug-likeness (QED) is 0.887. The second-order valence-corrected chi connectivity index (χ2v) is 5.74. The van der Waals surface area contributed by atoms with Crippen LogP contribution in [0.2, 0.25) is 0 Å². The van der Waals surface area contributed by atoms with Crippen LogP contribution in [0.15, 0.2) is 41.8 Å². The molecule has 0 saturated heterocycles. The van der Waals surface area contributed by atoms with Crippen molar-refractivity contribution in [1.29, 1.82) is 0 Å². The highest BCUT2D eigenvalue weighted by Gasteiger charge is 2.11. The molecule has 1 atom stereocenters. The molecule has 110 valence electrons. The zero-order valence-corrected chi connectivity index (χ0v) is 12.9. The molecule has 0 radical (unpaired) electrons. The van der Waals surface area contributed by atoms with E-state index in [0.29, 0.717) is 16.1 Å². The Hall–Kier alpha value is -2.14. The lowest BCUT2D eigenvalue weighted by Crippen LogP contribution is -2.31. The number of carbonyl (C=O) groups excluding carboxylic acids is 2. The fourth-order valence-corrected chi connectivity index (χ4v) is 2.37. The van der Waals surface area contributed by atoms with Gasteiger partial charge >= 0.3 is 0 Å². The number of hydrogen-bond acceptors (Lipinski definition) is 3. The summed E-state index contributed by atoms with van der Waals surface area (Å²) in [6, 6.07) is 10.7. The zero-order valence-electron chi connectivity index (χ0n) is 12.1. The molecule has 2 rings (SSSR count). The van der Waals surface area contributed by atoms with E-state index in [1.54, 1.807) is 30.3 Å². The van der Waals surface area contributed by atoms with Crippen LogP contribution in [0.5, 0.6) is 0 Å². The molecule has 21 heavy (non-hydrogen) atoms. The van der Waals surface area contributed by atoms with Crippen molar-refractivity contribution in [3.8, 4) is 0 Å². The Morgan fingerprint density at radius 2 is 2.00 bits per heavy atom. The molecular weight excluding hydrogens is 284 g/mol. The molecule has 0 fully saturated rings. The SMILES string of the molecule is CC[C@@H](C)NC(=O)c1cccc(NC(=O)c2cccs2)c1. The lowest BCUT2D eigenvalue weighted by atomic mass is 10.1. The molecule has 5 heteroatoms. The molecule has 0 unspecified atom stereocenters. The van der Waals surface area contributed by atoms with Crippen LogP contribution in [0.1, 0.15) is 40.3 Å². The van der Waals surface area contributed by atoms with Crippen LogP contribution in [-0.2, 0) is 0 Å². The molecule has 4 nitrogen and oxygen atoms in total. The van der Waals surface area contributed by atoms with Crippen molar-refractivity contribution in [3.63, 3.8) is 0 Å². The van der Waals surface area contributed by atoms with E-state index >= 15 is 0 Å². The first kappa shape index (κ1) is 15.3. The van der Waals surface area contributed by atoms with Crippen LogP contribution in [-0.4, -0.2) is 17.9 Å². The normalized spacial score (nSPS) is 11.7. The third-order valence-corrected chi connectivity index (χ3v) is 3.99. The maximum Gasteiger partial charge on any atom is 0.265 e. The summed E-state index contributed by atoms with van der Waals surface area (Å²) < 4.78 is 0. The smallest absolute Gasteiger partial charge is 0.265 e. The molecule has 2 aromatic rings. The van der Waals surface area contributed by atoms with Gasteiger partial charge in [0.1, 0.15) is 0 Å². The van der Waals surface area contributed by atoms with Gasteiger partial charge in [0.05, 0.1) is 4.88 Å². The fourth-order valence-electron chi connectivity index (χ4n) is 1.75. The van der Waals surface area contributed by atoms with Crippen molar-refractivity contribution in [3.05, 3.63) is 52.2 Å². The zero-order chi connectivity index (χ0) is 15.2. The average molecular weight is 302 g/mol. The van der Waals surface area contributed by atoms with Crippen molar-refractivity contribution < 1.29 is 9.59 Å². The first-order valence-electron chi connectivity index (χ1n) is 6.86. The summed E-state index contributed by atoms with van der Waals surface area (Å²) in [7, 11) is 0. The number of amides is 2. The van der Waals surface area contributed by atoms with Crippen LogP contribution in [0.25, 0.3) is 0 Å². The minimum Gasteiger partial charge on any atom is -0.350 e. The van der Waals surface area contributed by atoms with Crippen LogP contribution in [0.4, 0.5) is 5.69 Å². The molecule has 0 spiro atoms. The monoisotopic (exact) mass is 302 g/mol. The number of anilines is 1. The Balaban J connectivity index is 2.07. The van der Waals surface area contributed by atoms with E-state index in [1.165, 1.54) is 11.3 Å². The summed E-state index contributed by atoms with van der Waals surface area (Å²) in [5, 5.41) is 7.55. The average Bonchev–Trinajstić information content (AvgIpc) is 3.01. The predicted molar refractivity (Wildman–Crippen MR) is 85.9 cm³/mol. The molecule has 1 heterocycles. The molecular formula is C16H18N2O2S. The van der Waals surface area contributed by atoms with E-state index in [9.17, 15) is 9.59 Å². The van der Waals surface area contributed by atoms with Gasteiger partial charge in [0, 0.05) is 17.3 Å². The highest BCUT2D eigenvalue weighted by atomic mass is 32.1. The number of nitrogens with one attached hydrogen (secondary N) is 2. The number of benzene rings is 1. The van der Waals surface area contributed by atoms with E-state index in [4.69, 9.17) is 0 Å². The number of rotatable bonds is 5. The number of carbonyl (C=O) groups is 2. The van der Waals surface area contributed by atoms with Gasteiger partial charge in [0.15, 0.2) is 0 Å². The Morgan fingerprint density at radius 1 is 1.19 bits per heavy atom. The number of hydrogen-bond donors (Lipinski definition) is 2.